The Bertz CT molecular complexity index is 864. The fourth-order valence-electron chi connectivity index (χ4n) is 5.75. The van der Waals surface area contributed by atoms with Crippen molar-refractivity contribution in [1.82, 2.24) is 0 Å². The summed E-state index contributed by atoms with van der Waals surface area (Å²) < 4.78 is 22.7. The number of ether oxygens (including phenoxy) is 4. The van der Waals surface area contributed by atoms with E-state index in [4.69, 9.17) is 18.9 Å². The Balaban J connectivity index is 1.73. The van der Waals surface area contributed by atoms with E-state index in [-0.39, 0.29) is 12.8 Å². The van der Waals surface area contributed by atoms with Gasteiger partial charge in [0.2, 0.25) is 0 Å². The van der Waals surface area contributed by atoms with Gasteiger partial charge in [0.05, 0.1) is 31.9 Å². The van der Waals surface area contributed by atoms with Crippen molar-refractivity contribution in [2.24, 2.45) is 5.92 Å². The van der Waals surface area contributed by atoms with Crippen molar-refractivity contribution < 1.29 is 33.3 Å². The van der Waals surface area contributed by atoms with Crippen LogP contribution in [-0.4, -0.2) is 50.0 Å². The first-order valence-corrected chi connectivity index (χ1v) is 9.46. The van der Waals surface area contributed by atoms with E-state index >= 15 is 0 Å². The minimum Gasteiger partial charge on any atom is -0.452 e. The van der Waals surface area contributed by atoms with Gasteiger partial charge in [-0.05, 0) is 12.5 Å². The molecule has 3 atom stereocenters. The van der Waals surface area contributed by atoms with Crippen LogP contribution in [0.4, 0.5) is 10.5 Å². The van der Waals surface area contributed by atoms with Crippen molar-refractivity contribution in [3.63, 3.8) is 0 Å². The molecule has 3 aliphatic heterocycles. The van der Waals surface area contributed by atoms with Crippen LogP contribution in [-0.2, 0) is 34.1 Å². The molecule has 8 heteroatoms. The molecule has 0 N–H and O–H groups in total. The van der Waals surface area contributed by atoms with Crippen molar-refractivity contribution in [1.29, 1.82) is 0 Å². The summed E-state index contributed by atoms with van der Waals surface area (Å²) in [4.78, 5) is 39.2. The molecule has 0 aromatic heterocycles. The number of anilines is 1. The van der Waals surface area contributed by atoms with E-state index in [1.54, 1.807) is 6.07 Å². The standard InChI is InChI=1S/C20H21NO7/c1-25-17(24)21-15-5-3-2-4-13(15)20(8-9-22)19(21)7-6-18(26-10-11-27-18)12-14(19)16(23)28-20/h2-5,9,14H,6-8,10-12H2,1H3. The molecule has 1 aromatic carbocycles. The number of hydrogen-bond donors (Lipinski definition) is 0. The largest absolute Gasteiger partial charge is 0.452 e. The van der Waals surface area contributed by atoms with Crippen LogP contribution in [0.2, 0.25) is 0 Å². The lowest BCUT2D eigenvalue weighted by atomic mass is 9.62. The summed E-state index contributed by atoms with van der Waals surface area (Å²) in [6.07, 6.45) is 1.29. The van der Waals surface area contributed by atoms with Crippen LogP contribution in [0.15, 0.2) is 24.3 Å². The summed E-state index contributed by atoms with van der Waals surface area (Å²) in [7, 11) is 1.31. The van der Waals surface area contributed by atoms with Gasteiger partial charge < -0.3 is 23.7 Å². The zero-order chi connectivity index (χ0) is 19.6. The predicted molar refractivity (Wildman–Crippen MR) is 94.5 cm³/mol. The quantitative estimate of drug-likeness (QED) is 0.565. The Labute approximate surface area is 161 Å². The zero-order valence-corrected chi connectivity index (χ0v) is 15.5. The highest BCUT2D eigenvalue weighted by Gasteiger charge is 2.77. The van der Waals surface area contributed by atoms with Gasteiger partial charge in [0.15, 0.2) is 11.4 Å². The molecular weight excluding hydrogens is 366 g/mol. The number of esters is 1. The van der Waals surface area contributed by atoms with E-state index in [1.807, 2.05) is 18.2 Å². The first kappa shape index (κ1) is 17.6. The Morgan fingerprint density at radius 3 is 2.75 bits per heavy atom. The average Bonchev–Trinajstić information content (AvgIpc) is 3.31. The molecule has 1 aromatic rings. The van der Waals surface area contributed by atoms with Gasteiger partial charge in [-0.25, -0.2) is 4.79 Å². The highest BCUT2D eigenvalue weighted by Crippen LogP contribution is 2.66. The Kier molecular flexibility index (Phi) is 3.64. The summed E-state index contributed by atoms with van der Waals surface area (Å²) in [6.45, 7) is 0.935. The molecule has 1 amide bonds. The van der Waals surface area contributed by atoms with E-state index in [0.717, 1.165) is 6.29 Å². The van der Waals surface area contributed by atoms with Crippen LogP contribution in [0.25, 0.3) is 0 Å². The second-order valence-corrected chi connectivity index (χ2v) is 7.73. The molecule has 1 saturated carbocycles. The van der Waals surface area contributed by atoms with Crippen molar-refractivity contribution in [3.05, 3.63) is 29.8 Å². The van der Waals surface area contributed by atoms with Crippen LogP contribution in [0.1, 0.15) is 31.2 Å². The molecule has 0 bridgehead atoms. The van der Waals surface area contributed by atoms with Gasteiger partial charge in [-0.1, -0.05) is 18.2 Å². The lowest BCUT2D eigenvalue weighted by Gasteiger charge is -2.50. The molecule has 28 heavy (non-hydrogen) atoms. The Hall–Kier alpha value is -2.45. The van der Waals surface area contributed by atoms with Crippen LogP contribution >= 0.6 is 0 Å². The van der Waals surface area contributed by atoms with E-state index in [9.17, 15) is 14.4 Å². The summed E-state index contributed by atoms with van der Waals surface area (Å²) in [5, 5.41) is 0. The topological polar surface area (TPSA) is 91.4 Å². The maximum atomic E-state index is 13.1. The van der Waals surface area contributed by atoms with Gasteiger partial charge in [-0.15, -0.1) is 0 Å². The van der Waals surface area contributed by atoms with Crippen molar-refractivity contribution in [2.45, 2.75) is 42.6 Å². The molecule has 3 fully saturated rings. The van der Waals surface area contributed by atoms with Gasteiger partial charge in [0, 0.05) is 24.8 Å². The number of carbonyl (C=O) groups is 3. The summed E-state index contributed by atoms with van der Waals surface area (Å²) in [6, 6.07) is 7.23. The lowest BCUT2D eigenvalue weighted by Crippen LogP contribution is -2.65. The van der Waals surface area contributed by atoms with E-state index in [0.29, 0.717) is 37.3 Å². The van der Waals surface area contributed by atoms with E-state index in [1.165, 1.54) is 12.0 Å². The van der Waals surface area contributed by atoms with Crippen LogP contribution in [0, 0.1) is 5.92 Å². The number of benzene rings is 1. The first-order valence-electron chi connectivity index (χ1n) is 9.46. The maximum Gasteiger partial charge on any atom is 0.414 e. The van der Waals surface area contributed by atoms with Crippen molar-refractivity contribution in [2.75, 3.05) is 25.2 Å². The van der Waals surface area contributed by atoms with Crippen LogP contribution in [0.5, 0.6) is 0 Å². The normalized spacial score (nSPS) is 34.5. The smallest absolute Gasteiger partial charge is 0.414 e. The van der Waals surface area contributed by atoms with Crippen LogP contribution in [0.3, 0.4) is 0 Å². The number of hydrogen-bond acceptors (Lipinski definition) is 7. The number of aldehydes is 1. The van der Waals surface area contributed by atoms with E-state index < -0.39 is 34.9 Å². The molecule has 3 unspecified atom stereocenters. The predicted octanol–water partition coefficient (Wildman–Crippen LogP) is 1.90. The molecule has 5 rings (SSSR count). The van der Waals surface area contributed by atoms with Gasteiger partial charge in [0.1, 0.15) is 11.8 Å². The number of nitrogens with zero attached hydrogens (tertiary/aromatic N) is 1. The first-order chi connectivity index (χ1) is 13.5. The Morgan fingerprint density at radius 1 is 1.29 bits per heavy atom. The second kappa shape index (κ2) is 5.78. The number of methoxy groups -OCH3 is 1. The summed E-state index contributed by atoms with van der Waals surface area (Å²) in [5.74, 6) is -1.97. The molecule has 1 aliphatic carbocycles. The molecule has 4 aliphatic rings. The number of rotatable bonds is 2. The third-order valence-electron chi connectivity index (χ3n) is 6.76. The molecule has 8 nitrogen and oxygen atoms in total. The lowest BCUT2D eigenvalue weighted by molar-refractivity contribution is -0.197. The zero-order valence-electron chi connectivity index (χ0n) is 15.5. The minimum absolute atomic E-state index is 0.0333. The van der Waals surface area contributed by atoms with Gasteiger partial charge in [-0.3, -0.25) is 9.69 Å². The maximum absolute atomic E-state index is 13.1. The average molecular weight is 387 g/mol. The molecular formula is C20H21NO7. The van der Waals surface area contributed by atoms with Gasteiger partial charge in [0.25, 0.3) is 0 Å². The number of para-hydroxylation sites is 1. The molecule has 148 valence electrons. The molecule has 0 radical (unpaired) electrons. The molecule has 2 saturated heterocycles. The van der Waals surface area contributed by atoms with Crippen molar-refractivity contribution in [3.8, 4) is 0 Å². The second-order valence-electron chi connectivity index (χ2n) is 7.73. The monoisotopic (exact) mass is 387 g/mol. The number of fused-ring (bicyclic) bond motifs is 2. The third-order valence-corrected chi connectivity index (χ3v) is 6.76. The van der Waals surface area contributed by atoms with Crippen molar-refractivity contribution >= 4 is 24.0 Å². The SMILES string of the molecule is COC(=O)N1c2ccccc2C2(CC=O)OC(=O)C3CC4(CCC312)OCCO4. The molecule has 2 spiro atoms. The molecule has 3 heterocycles. The number of amides is 1. The Morgan fingerprint density at radius 2 is 2.04 bits per heavy atom. The summed E-state index contributed by atoms with van der Waals surface area (Å²) >= 11 is 0. The highest BCUT2D eigenvalue weighted by molar-refractivity contribution is 5.98. The number of carbonyl (C=O) groups excluding carboxylic acids is 3. The minimum atomic E-state index is -1.23. The van der Waals surface area contributed by atoms with E-state index in [2.05, 4.69) is 0 Å². The summed E-state index contributed by atoms with van der Waals surface area (Å²) in [5.41, 5.74) is -1.02. The highest BCUT2D eigenvalue weighted by atomic mass is 16.7. The fourth-order valence-corrected chi connectivity index (χ4v) is 5.75. The van der Waals surface area contributed by atoms with Crippen LogP contribution < -0.4 is 4.90 Å². The third kappa shape index (κ3) is 1.89. The van der Waals surface area contributed by atoms with Gasteiger partial charge >= 0.3 is 12.1 Å². The fraction of sp³-hybridized carbons (Fsp3) is 0.550. The van der Waals surface area contributed by atoms with Gasteiger partial charge in [-0.2, -0.15) is 0 Å².